The van der Waals surface area contributed by atoms with Gasteiger partial charge < -0.3 is 14.3 Å². The van der Waals surface area contributed by atoms with Crippen molar-refractivity contribution in [1.82, 2.24) is 15.4 Å². The van der Waals surface area contributed by atoms with Crippen molar-refractivity contribution in [1.29, 1.82) is 0 Å². The summed E-state index contributed by atoms with van der Waals surface area (Å²) in [6.07, 6.45) is 1.50. The first kappa shape index (κ1) is 18.9. The van der Waals surface area contributed by atoms with Crippen molar-refractivity contribution in [2.24, 2.45) is 0 Å². The molecule has 29 heavy (non-hydrogen) atoms. The van der Waals surface area contributed by atoms with E-state index in [1.54, 1.807) is 12.1 Å². The molecule has 2 N–H and O–H groups in total. The van der Waals surface area contributed by atoms with E-state index in [4.69, 9.17) is 8.94 Å². The second-order valence-corrected chi connectivity index (χ2v) is 7.78. The van der Waals surface area contributed by atoms with E-state index in [1.807, 2.05) is 30.3 Å². The molecule has 4 rings (SSSR count). The highest BCUT2D eigenvalue weighted by Crippen LogP contribution is 2.26. The molecule has 0 unspecified atom stereocenters. The van der Waals surface area contributed by atoms with Gasteiger partial charge in [-0.3, -0.25) is 14.9 Å². The fraction of sp³-hybridized carbons (Fsp3) is 0.0556. The van der Waals surface area contributed by atoms with Crippen LogP contribution in [-0.4, -0.2) is 32.9 Å². The number of hydrogen-bond acceptors (Lipinski definition) is 9. The predicted octanol–water partition coefficient (Wildman–Crippen LogP) is 3.77. The molecule has 0 saturated heterocycles. The van der Waals surface area contributed by atoms with Crippen molar-refractivity contribution in [2.45, 2.75) is 4.34 Å². The van der Waals surface area contributed by atoms with E-state index >= 15 is 0 Å². The van der Waals surface area contributed by atoms with Gasteiger partial charge in [-0.2, -0.15) is 0 Å². The van der Waals surface area contributed by atoms with Gasteiger partial charge in [-0.25, -0.2) is 0 Å². The Hall–Kier alpha value is -3.44. The van der Waals surface area contributed by atoms with E-state index in [1.165, 1.54) is 24.1 Å². The van der Waals surface area contributed by atoms with Crippen molar-refractivity contribution < 1.29 is 18.5 Å². The Balaban J connectivity index is 1.30. The number of para-hydroxylation sites is 1. The van der Waals surface area contributed by atoms with Crippen molar-refractivity contribution in [3.8, 4) is 11.5 Å². The van der Waals surface area contributed by atoms with Gasteiger partial charge in [0.1, 0.15) is 0 Å². The number of hydrogen-bond donors (Lipinski definition) is 2. The van der Waals surface area contributed by atoms with E-state index in [9.17, 15) is 9.59 Å². The highest BCUT2D eigenvalue weighted by molar-refractivity contribution is 8.01. The van der Waals surface area contributed by atoms with Crippen LogP contribution in [0.15, 0.2) is 68.1 Å². The molecule has 11 heteroatoms. The molecule has 0 aliphatic heterocycles. The third-order valence-corrected chi connectivity index (χ3v) is 5.49. The first-order valence-corrected chi connectivity index (χ1v) is 10.1. The maximum Gasteiger partial charge on any atom is 0.279 e. The van der Waals surface area contributed by atoms with E-state index < -0.39 is 5.91 Å². The van der Waals surface area contributed by atoms with Gasteiger partial charge in [0.05, 0.1) is 12.0 Å². The SMILES string of the molecule is O=C(CSc1nnc(NC(=O)c2cc(-c3ccco3)on2)s1)Nc1ccccc1. The average Bonchev–Trinajstić information content (AvgIpc) is 3.48. The molecule has 1 aromatic carbocycles. The summed E-state index contributed by atoms with van der Waals surface area (Å²) < 4.78 is 10.9. The summed E-state index contributed by atoms with van der Waals surface area (Å²) in [6, 6.07) is 14.0. The molecule has 0 saturated carbocycles. The van der Waals surface area contributed by atoms with Crippen LogP contribution in [-0.2, 0) is 4.79 Å². The third-order valence-electron chi connectivity index (χ3n) is 3.52. The Morgan fingerprint density at radius 2 is 1.90 bits per heavy atom. The van der Waals surface area contributed by atoms with Gasteiger partial charge in [0.2, 0.25) is 16.8 Å². The van der Waals surface area contributed by atoms with E-state index in [0.29, 0.717) is 21.0 Å². The quantitative estimate of drug-likeness (QED) is 0.337. The zero-order valence-electron chi connectivity index (χ0n) is 14.7. The molecule has 146 valence electrons. The van der Waals surface area contributed by atoms with E-state index in [0.717, 1.165) is 17.0 Å². The second-order valence-electron chi connectivity index (χ2n) is 5.58. The van der Waals surface area contributed by atoms with Crippen LogP contribution >= 0.6 is 23.1 Å². The normalized spacial score (nSPS) is 10.6. The number of nitrogens with zero attached hydrogens (tertiary/aromatic N) is 3. The molecule has 0 atom stereocenters. The van der Waals surface area contributed by atoms with Crippen LogP contribution in [0.5, 0.6) is 0 Å². The van der Waals surface area contributed by atoms with Crippen LogP contribution in [0.3, 0.4) is 0 Å². The summed E-state index contributed by atoms with van der Waals surface area (Å²) >= 11 is 2.39. The zero-order chi connectivity index (χ0) is 20.1. The molecule has 0 radical (unpaired) electrons. The van der Waals surface area contributed by atoms with Crippen molar-refractivity contribution in [2.75, 3.05) is 16.4 Å². The molecular formula is C18H13N5O4S2. The summed E-state index contributed by atoms with van der Waals surface area (Å²) in [4.78, 5) is 24.3. The molecular weight excluding hydrogens is 414 g/mol. The van der Waals surface area contributed by atoms with Crippen LogP contribution in [0.2, 0.25) is 0 Å². The molecule has 3 aromatic heterocycles. The fourth-order valence-electron chi connectivity index (χ4n) is 2.24. The number of thioether (sulfide) groups is 1. The largest absolute Gasteiger partial charge is 0.461 e. The number of benzene rings is 1. The number of anilines is 2. The van der Waals surface area contributed by atoms with Crippen LogP contribution in [0.25, 0.3) is 11.5 Å². The number of aromatic nitrogens is 3. The summed E-state index contributed by atoms with van der Waals surface area (Å²) in [7, 11) is 0. The van der Waals surface area contributed by atoms with Crippen LogP contribution in [0, 0.1) is 0 Å². The smallest absolute Gasteiger partial charge is 0.279 e. The molecule has 0 fully saturated rings. The summed E-state index contributed by atoms with van der Waals surface area (Å²) in [5, 5.41) is 17.3. The average molecular weight is 427 g/mol. The standard InChI is InChI=1S/C18H13N5O4S2/c24-15(19-11-5-2-1-3-6-11)10-28-18-22-21-17(29-18)20-16(25)12-9-14(27-23-12)13-7-4-8-26-13/h1-9H,10H2,(H,19,24)(H,20,21,25). The maximum absolute atomic E-state index is 12.3. The molecule has 9 nitrogen and oxygen atoms in total. The molecule has 4 aromatic rings. The van der Waals surface area contributed by atoms with E-state index in [-0.39, 0.29) is 17.4 Å². The highest BCUT2D eigenvalue weighted by Gasteiger charge is 2.17. The number of nitrogens with one attached hydrogen (secondary N) is 2. The van der Waals surface area contributed by atoms with Gasteiger partial charge in [-0.05, 0) is 24.3 Å². The minimum absolute atomic E-state index is 0.0861. The van der Waals surface area contributed by atoms with Crippen LogP contribution in [0.4, 0.5) is 10.8 Å². The third kappa shape index (κ3) is 4.89. The number of carbonyl (C=O) groups excluding carboxylic acids is 2. The summed E-state index contributed by atoms with van der Waals surface area (Å²) in [5.41, 5.74) is 0.813. The number of carbonyl (C=O) groups is 2. The zero-order valence-corrected chi connectivity index (χ0v) is 16.3. The molecule has 0 spiro atoms. The van der Waals surface area contributed by atoms with E-state index in [2.05, 4.69) is 26.0 Å². The molecule has 0 aliphatic carbocycles. The lowest BCUT2D eigenvalue weighted by molar-refractivity contribution is -0.113. The monoisotopic (exact) mass is 427 g/mol. The van der Waals surface area contributed by atoms with Gasteiger partial charge in [-0.1, -0.05) is 46.5 Å². The molecule has 2 amide bonds. The van der Waals surface area contributed by atoms with Gasteiger partial charge in [-0.15, -0.1) is 10.2 Å². The van der Waals surface area contributed by atoms with Gasteiger partial charge >= 0.3 is 0 Å². The lowest BCUT2D eigenvalue weighted by Crippen LogP contribution is -2.13. The van der Waals surface area contributed by atoms with Gasteiger partial charge in [0, 0.05) is 11.8 Å². The van der Waals surface area contributed by atoms with Crippen molar-refractivity contribution in [3.05, 3.63) is 60.5 Å². The second kappa shape index (κ2) is 8.71. The minimum Gasteiger partial charge on any atom is -0.461 e. The number of rotatable bonds is 7. The topological polar surface area (TPSA) is 123 Å². The minimum atomic E-state index is -0.485. The summed E-state index contributed by atoms with van der Waals surface area (Å²) in [5.74, 6) is 0.349. The fourth-order valence-corrected chi connectivity index (χ4v) is 3.79. The Bertz CT molecular complexity index is 1110. The Kier molecular flexibility index (Phi) is 5.68. The van der Waals surface area contributed by atoms with Gasteiger partial charge in [0.25, 0.3) is 5.91 Å². The first-order valence-electron chi connectivity index (χ1n) is 8.30. The van der Waals surface area contributed by atoms with Crippen molar-refractivity contribution >= 4 is 45.7 Å². The lowest BCUT2D eigenvalue weighted by Gasteiger charge is -2.02. The maximum atomic E-state index is 12.3. The Labute approximate surface area is 172 Å². The number of amides is 2. The number of furan rings is 1. The molecule has 0 bridgehead atoms. The first-order chi connectivity index (χ1) is 14.2. The predicted molar refractivity (Wildman–Crippen MR) is 108 cm³/mol. The Morgan fingerprint density at radius 1 is 1.03 bits per heavy atom. The van der Waals surface area contributed by atoms with Crippen molar-refractivity contribution in [3.63, 3.8) is 0 Å². The van der Waals surface area contributed by atoms with Crippen LogP contribution in [0.1, 0.15) is 10.5 Å². The lowest BCUT2D eigenvalue weighted by atomic mass is 10.3. The molecule has 0 aliphatic rings. The Morgan fingerprint density at radius 3 is 2.69 bits per heavy atom. The molecule has 3 heterocycles. The highest BCUT2D eigenvalue weighted by atomic mass is 32.2. The van der Waals surface area contributed by atoms with Gasteiger partial charge in [0.15, 0.2) is 15.8 Å². The van der Waals surface area contributed by atoms with Crippen LogP contribution < -0.4 is 10.6 Å². The summed E-state index contributed by atoms with van der Waals surface area (Å²) in [6.45, 7) is 0.